The zero-order valence-corrected chi connectivity index (χ0v) is 13.3. The van der Waals surface area contributed by atoms with Crippen molar-refractivity contribution < 1.29 is 4.39 Å². The van der Waals surface area contributed by atoms with Gasteiger partial charge in [-0.15, -0.1) is 11.8 Å². The van der Waals surface area contributed by atoms with Crippen LogP contribution in [0.2, 0.25) is 0 Å². The summed E-state index contributed by atoms with van der Waals surface area (Å²) in [5.41, 5.74) is 3.99. The van der Waals surface area contributed by atoms with Gasteiger partial charge in [0, 0.05) is 21.2 Å². The Kier molecular flexibility index (Phi) is 6.04. The topological polar surface area (TPSA) is 38.0 Å². The number of thioether (sulfide) groups is 1. The number of nitrogens with two attached hydrogens (primary N) is 1. The molecule has 0 aliphatic heterocycles. The first-order chi connectivity index (χ1) is 9.69. The van der Waals surface area contributed by atoms with E-state index in [9.17, 15) is 4.39 Å². The lowest BCUT2D eigenvalue weighted by molar-refractivity contribution is 0.573. The molecular formula is C15H16BrFN2S. The van der Waals surface area contributed by atoms with Crippen LogP contribution in [-0.2, 0) is 6.42 Å². The fourth-order valence-electron chi connectivity index (χ4n) is 1.87. The van der Waals surface area contributed by atoms with Crippen LogP contribution < -0.4 is 11.3 Å². The minimum atomic E-state index is -0.185. The molecular weight excluding hydrogens is 339 g/mol. The van der Waals surface area contributed by atoms with Crippen molar-refractivity contribution in [2.75, 3.05) is 5.75 Å². The van der Waals surface area contributed by atoms with Gasteiger partial charge in [-0.25, -0.2) is 4.39 Å². The minimum absolute atomic E-state index is 0.0916. The van der Waals surface area contributed by atoms with Crippen LogP contribution in [0.3, 0.4) is 0 Å². The van der Waals surface area contributed by atoms with Crippen LogP contribution in [0, 0.1) is 5.82 Å². The Hall–Kier alpha value is -0.880. The van der Waals surface area contributed by atoms with Crippen molar-refractivity contribution in [3.63, 3.8) is 0 Å². The molecule has 0 amide bonds. The molecule has 3 N–H and O–H groups in total. The molecule has 0 aliphatic carbocycles. The molecule has 1 unspecified atom stereocenters. The van der Waals surface area contributed by atoms with Gasteiger partial charge in [-0.2, -0.15) is 0 Å². The average molecular weight is 355 g/mol. The highest BCUT2D eigenvalue weighted by atomic mass is 79.9. The summed E-state index contributed by atoms with van der Waals surface area (Å²) in [5, 5.41) is 0. The summed E-state index contributed by atoms with van der Waals surface area (Å²) in [6.07, 6.45) is 0.803. The third-order valence-corrected chi connectivity index (χ3v) is 4.59. The second kappa shape index (κ2) is 7.78. The molecule has 0 heterocycles. The van der Waals surface area contributed by atoms with Gasteiger partial charge < -0.3 is 0 Å². The van der Waals surface area contributed by atoms with Gasteiger partial charge in [-0.3, -0.25) is 11.3 Å². The van der Waals surface area contributed by atoms with Crippen LogP contribution in [0.25, 0.3) is 0 Å². The molecule has 5 heteroatoms. The second-order valence-electron chi connectivity index (χ2n) is 4.44. The predicted molar refractivity (Wildman–Crippen MR) is 86.1 cm³/mol. The molecule has 0 fully saturated rings. The number of hydrogen-bond acceptors (Lipinski definition) is 3. The Bertz CT molecular complexity index is 565. The quantitative estimate of drug-likeness (QED) is 0.471. The fraction of sp³-hybridized carbons (Fsp3) is 0.200. The van der Waals surface area contributed by atoms with Gasteiger partial charge in [-0.05, 0) is 36.2 Å². The molecule has 2 aromatic carbocycles. The molecule has 0 radical (unpaired) electrons. The number of rotatable bonds is 6. The summed E-state index contributed by atoms with van der Waals surface area (Å²) in [4.78, 5) is 0.655. The summed E-state index contributed by atoms with van der Waals surface area (Å²) >= 11 is 4.93. The van der Waals surface area contributed by atoms with Crippen LogP contribution in [0.4, 0.5) is 4.39 Å². The van der Waals surface area contributed by atoms with E-state index < -0.39 is 0 Å². The Morgan fingerprint density at radius 3 is 2.70 bits per heavy atom. The van der Waals surface area contributed by atoms with E-state index in [1.54, 1.807) is 12.1 Å². The van der Waals surface area contributed by atoms with Crippen molar-refractivity contribution >= 4 is 27.7 Å². The zero-order valence-electron chi connectivity index (χ0n) is 10.9. The fourth-order valence-corrected chi connectivity index (χ4v) is 3.29. The molecule has 0 saturated heterocycles. The number of halogens is 2. The maximum absolute atomic E-state index is 13.5. The van der Waals surface area contributed by atoms with Crippen molar-refractivity contribution in [1.29, 1.82) is 0 Å². The molecule has 20 heavy (non-hydrogen) atoms. The van der Waals surface area contributed by atoms with Crippen LogP contribution in [0.5, 0.6) is 0 Å². The van der Waals surface area contributed by atoms with E-state index in [1.165, 1.54) is 23.4 Å². The molecule has 2 aromatic rings. The van der Waals surface area contributed by atoms with E-state index in [0.717, 1.165) is 10.9 Å². The molecule has 0 aromatic heterocycles. The summed E-state index contributed by atoms with van der Waals surface area (Å²) in [6, 6.07) is 15.0. The zero-order chi connectivity index (χ0) is 14.4. The Labute approximate surface area is 131 Å². The Morgan fingerprint density at radius 2 is 2.00 bits per heavy atom. The van der Waals surface area contributed by atoms with Crippen molar-refractivity contribution in [2.45, 2.75) is 17.4 Å². The smallest absolute Gasteiger partial charge is 0.136 e. The molecule has 0 saturated carbocycles. The highest BCUT2D eigenvalue weighted by molar-refractivity contribution is 9.10. The summed E-state index contributed by atoms with van der Waals surface area (Å²) in [7, 11) is 0. The van der Waals surface area contributed by atoms with Crippen molar-refractivity contribution in [3.05, 3.63) is 64.4 Å². The van der Waals surface area contributed by atoms with Gasteiger partial charge in [0.1, 0.15) is 5.82 Å². The van der Waals surface area contributed by atoms with E-state index >= 15 is 0 Å². The molecule has 2 rings (SSSR count). The largest absolute Gasteiger partial charge is 0.271 e. The standard InChI is InChI=1S/C15H16BrFN2S/c16-12-5-3-4-11(8-12)9-13(19-18)10-20-15-7-2-1-6-14(15)17/h1-8,13,19H,9-10,18H2. The van der Waals surface area contributed by atoms with Crippen molar-refractivity contribution in [1.82, 2.24) is 5.43 Å². The Morgan fingerprint density at radius 1 is 1.20 bits per heavy atom. The first-order valence-electron chi connectivity index (χ1n) is 6.27. The first-order valence-corrected chi connectivity index (χ1v) is 8.05. The number of hydrogen-bond donors (Lipinski definition) is 2. The monoisotopic (exact) mass is 354 g/mol. The van der Waals surface area contributed by atoms with E-state index in [2.05, 4.69) is 33.5 Å². The Balaban J connectivity index is 1.94. The van der Waals surface area contributed by atoms with Gasteiger partial charge in [0.05, 0.1) is 0 Å². The maximum Gasteiger partial charge on any atom is 0.136 e. The summed E-state index contributed by atoms with van der Waals surface area (Å²) in [6.45, 7) is 0. The minimum Gasteiger partial charge on any atom is -0.271 e. The van der Waals surface area contributed by atoms with Crippen LogP contribution in [0.1, 0.15) is 5.56 Å². The molecule has 0 bridgehead atoms. The van der Waals surface area contributed by atoms with E-state index in [1.807, 2.05) is 18.2 Å². The van der Waals surface area contributed by atoms with Gasteiger partial charge in [0.25, 0.3) is 0 Å². The average Bonchev–Trinajstić information content (AvgIpc) is 2.45. The first kappa shape index (κ1) is 15.5. The predicted octanol–water partition coefficient (Wildman–Crippen LogP) is 3.75. The lowest BCUT2D eigenvalue weighted by atomic mass is 10.1. The molecule has 2 nitrogen and oxygen atoms in total. The lowest BCUT2D eigenvalue weighted by Gasteiger charge is -2.16. The normalized spacial score (nSPS) is 12.3. The maximum atomic E-state index is 13.5. The number of hydrazine groups is 1. The van der Waals surface area contributed by atoms with Crippen LogP contribution in [-0.4, -0.2) is 11.8 Å². The van der Waals surface area contributed by atoms with E-state index in [4.69, 9.17) is 5.84 Å². The SMILES string of the molecule is NNC(CSc1ccccc1F)Cc1cccc(Br)c1. The van der Waals surface area contributed by atoms with Gasteiger partial charge >= 0.3 is 0 Å². The second-order valence-corrected chi connectivity index (χ2v) is 6.42. The highest BCUT2D eigenvalue weighted by Crippen LogP contribution is 2.23. The summed E-state index contributed by atoms with van der Waals surface area (Å²) < 4.78 is 14.6. The third kappa shape index (κ3) is 4.59. The van der Waals surface area contributed by atoms with Gasteiger partial charge in [-0.1, -0.05) is 40.2 Å². The van der Waals surface area contributed by atoms with Crippen molar-refractivity contribution in [2.24, 2.45) is 5.84 Å². The number of nitrogens with one attached hydrogen (secondary N) is 1. The molecule has 1 atom stereocenters. The summed E-state index contributed by atoms with van der Waals surface area (Å²) in [5.74, 6) is 6.12. The third-order valence-electron chi connectivity index (χ3n) is 2.88. The molecule has 0 spiro atoms. The number of benzene rings is 2. The lowest BCUT2D eigenvalue weighted by Crippen LogP contribution is -2.38. The van der Waals surface area contributed by atoms with Gasteiger partial charge in [0.15, 0.2) is 0 Å². The van der Waals surface area contributed by atoms with Crippen molar-refractivity contribution in [3.8, 4) is 0 Å². The van der Waals surface area contributed by atoms with Crippen LogP contribution >= 0.6 is 27.7 Å². The van der Waals surface area contributed by atoms with Gasteiger partial charge in [0.2, 0.25) is 0 Å². The molecule has 106 valence electrons. The van der Waals surface area contributed by atoms with E-state index in [-0.39, 0.29) is 11.9 Å². The van der Waals surface area contributed by atoms with Crippen LogP contribution in [0.15, 0.2) is 57.9 Å². The highest BCUT2D eigenvalue weighted by Gasteiger charge is 2.10. The molecule has 0 aliphatic rings. The van der Waals surface area contributed by atoms with E-state index in [0.29, 0.717) is 10.6 Å².